The van der Waals surface area contributed by atoms with Crippen molar-refractivity contribution in [2.24, 2.45) is 0 Å². The van der Waals surface area contributed by atoms with Crippen LogP contribution < -0.4 is 0 Å². The van der Waals surface area contributed by atoms with Gasteiger partial charge >= 0.3 is 0 Å². The standard InChI is InChI=1S/C12H11Cl2I/c13-12(14)7-11(12)6-2-4-8-3-1-5-9(15)10(8)11/h1,3,5H,2,4,6-7H2. The maximum atomic E-state index is 6.34. The molecule has 2 aliphatic rings. The second-order valence-electron chi connectivity index (χ2n) is 4.59. The van der Waals surface area contributed by atoms with E-state index in [1.54, 1.807) is 0 Å². The molecule has 0 saturated heterocycles. The van der Waals surface area contributed by atoms with E-state index in [4.69, 9.17) is 23.2 Å². The van der Waals surface area contributed by atoms with Crippen LogP contribution in [0.15, 0.2) is 18.2 Å². The molecule has 1 atom stereocenters. The fourth-order valence-corrected chi connectivity index (χ4v) is 4.80. The van der Waals surface area contributed by atoms with Crippen LogP contribution >= 0.6 is 45.8 Å². The Labute approximate surface area is 113 Å². The molecule has 0 aromatic heterocycles. The van der Waals surface area contributed by atoms with Gasteiger partial charge < -0.3 is 0 Å². The summed E-state index contributed by atoms with van der Waals surface area (Å²) in [7, 11) is 0. The molecule has 0 radical (unpaired) electrons. The summed E-state index contributed by atoms with van der Waals surface area (Å²) in [5.74, 6) is 0. The Balaban J connectivity index is 2.20. The Bertz CT molecular complexity index is 428. The normalized spacial score (nSPS) is 31.4. The van der Waals surface area contributed by atoms with Crippen LogP contribution in [0, 0.1) is 3.57 Å². The number of hydrogen-bond acceptors (Lipinski definition) is 0. The van der Waals surface area contributed by atoms with Gasteiger partial charge in [0.15, 0.2) is 0 Å². The molecule has 0 heterocycles. The van der Waals surface area contributed by atoms with E-state index in [-0.39, 0.29) is 5.41 Å². The summed E-state index contributed by atoms with van der Waals surface area (Å²) in [4.78, 5) is 0. The van der Waals surface area contributed by atoms with Gasteiger partial charge in [-0.15, -0.1) is 23.2 Å². The number of benzene rings is 1. The molecule has 1 aromatic rings. The molecule has 2 aliphatic carbocycles. The highest BCUT2D eigenvalue weighted by atomic mass is 127. The molecule has 0 bridgehead atoms. The smallest absolute Gasteiger partial charge is 0.101 e. The van der Waals surface area contributed by atoms with Crippen molar-refractivity contribution in [1.82, 2.24) is 0 Å². The zero-order chi connectivity index (χ0) is 10.7. The van der Waals surface area contributed by atoms with Crippen LogP contribution in [-0.4, -0.2) is 4.33 Å². The van der Waals surface area contributed by atoms with Crippen LogP contribution in [-0.2, 0) is 11.8 Å². The lowest BCUT2D eigenvalue weighted by atomic mass is 9.80. The molecule has 3 rings (SSSR count). The SMILES string of the molecule is ClC1(Cl)CC12CCCc1cccc(I)c12. The van der Waals surface area contributed by atoms with Crippen molar-refractivity contribution in [3.05, 3.63) is 32.9 Å². The number of rotatable bonds is 0. The number of fused-ring (bicyclic) bond motifs is 2. The van der Waals surface area contributed by atoms with Crippen molar-refractivity contribution in [2.75, 3.05) is 0 Å². The summed E-state index contributed by atoms with van der Waals surface area (Å²) in [6.07, 6.45) is 4.47. The van der Waals surface area contributed by atoms with Gasteiger partial charge in [-0.2, -0.15) is 0 Å². The number of alkyl halides is 2. The first-order valence-corrected chi connectivity index (χ1v) is 7.06. The van der Waals surface area contributed by atoms with E-state index in [2.05, 4.69) is 40.8 Å². The quantitative estimate of drug-likeness (QED) is 0.478. The largest absolute Gasteiger partial charge is 0.129 e. The average Bonchev–Trinajstić information content (AvgIpc) is 2.68. The van der Waals surface area contributed by atoms with Crippen LogP contribution in [0.1, 0.15) is 30.4 Å². The summed E-state index contributed by atoms with van der Waals surface area (Å²) in [6, 6.07) is 6.52. The summed E-state index contributed by atoms with van der Waals surface area (Å²) < 4.78 is 0.816. The molecule has 0 N–H and O–H groups in total. The van der Waals surface area contributed by atoms with E-state index in [0.29, 0.717) is 0 Å². The van der Waals surface area contributed by atoms with Gasteiger partial charge in [-0.3, -0.25) is 0 Å². The monoisotopic (exact) mass is 352 g/mol. The van der Waals surface area contributed by atoms with Crippen LogP contribution in [0.4, 0.5) is 0 Å². The molecule has 1 spiro atoms. The van der Waals surface area contributed by atoms with Gasteiger partial charge in [0, 0.05) is 8.99 Å². The highest BCUT2D eigenvalue weighted by molar-refractivity contribution is 14.1. The second kappa shape index (κ2) is 3.27. The Morgan fingerprint density at radius 2 is 2.00 bits per heavy atom. The van der Waals surface area contributed by atoms with Crippen LogP contribution in [0.3, 0.4) is 0 Å². The molecule has 1 unspecified atom stereocenters. The predicted octanol–water partition coefficient (Wildman–Crippen LogP) is 4.44. The molecule has 0 aliphatic heterocycles. The summed E-state index contributed by atoms with van der Waals surface area (Å²) in [5, 5.41) is 0. The van der Waals surface area contributed by atoms with Gasteiger partial charge in [-0.25, -0.2) is 0 Å². The third-order valence-electron chi connectivity index (χ3n) is 3.73. The Morgan fingerprint density at radius 1 is 1.27 bits per heavy atom. The van der Waals surface area contributed by atoms with Gasteiger partial charge in [-0.05, 0) is 65.5 Å². The number of hydrogen-bond donors (Lipinski definition) is 0. The molecule has 0 nitrogen and oxygen atoms in total. The van der Waals surface area contributed by atoms with Crippen molar-refractivity contribution in [1.29, 1.82) is 0 Å². The first kappa shape index (κ1) is 10.7. The summed E-state index contributed by atoms with van der Waals surface area (Å²) in [5.41, 5.74) is 2.96. The minimum absolute atomic E-state index is 0.0709. The van der Waals surface area contributed by atoms with Crippen molar-refractivity contribution in [3.8, 4) is 0 Å². The second-order valence-corrected chi connectivity index (χ2v) is 7.24. The molecule has 1 fully saturated rings. The maximum absolute atomic E-state index is 6.34. The first-order chi connectivity index (χ1) is 7.07. The summed E-state index contributed by atoms with van der Waals surface area (Å²) in [6.45, 7) is 0. The Morgan fingerprint density at radius 3 is 2.67 bits per heavy atom. The fraction of sp³-hybridized carbons (Fsp3) is 0.500. The lowest BCUT2D eigenvalue weighted by Crippen LogP contribution is -2.23. The van der Waals surface area contributed by atoms with E-state index in [0.717, 1.165) is 12.8 Å². The van der Waals surface area contributed by atoms with Crippen molar-refractivity contribution in [2.45, 2.75) is 35.4 Å². The fourth-order valence-electron chi connectivity index (χ4n) is 2.90. The van der Waals surface area contributed by atoms with Gasteiger partial charge in [0.1, 0.15) is 4.33 Å². The lowest BCUT2D eigenvalue weighted by Gasteiger charge is -2.28. The van der Waals surface area contributed by atoms with E-state index in [9.17, 15) is 0 Å². The number of halogens is 3. The predicted molar refractivity (Wildman–Crippen MR) is 72.8 cm³/mol. The highest BCUT2D eigenvalue weighted by Gasteiger charge is 2.68. The maximum Gasteiger partial charge on any atom is 0.129 e. The highest BCUT2D eigenvalue weighted by Crippen LogP contribution is 2.69. The van der Waals surface area contributed by atoms with Crippen LogP contribution in [0.25, 0.3) is 0 Å². The van der Waals surface area contributed by atoms with E-state index in [1.165, 1.54) is 27.5 Å². The molecular formula is C12H11Cl2I. The first-order valence-electron chi connectivity index (χ1n) is 5.23. The molecule has 3 heteroatoms. The van der Waals surface area contributed by atoms with Crippen LogP contribution in [0.2, 0.25) is 0 Å². The third-order valence-corrected chi connectivity index (χ3v) is 5.62. The lowest BCUT2D eigenvalue weighted by molar-refractivity contribution is 0.533. The molecule has 15 heavy (non-hydrogen) atoms. The minimum atomic E-state index is -0.510. The van der Waals surface area contributed by atoms with Gasteiger partial charge in [-0.1, -0.05) is 12.1 Å². The molecule has 0 amide bonds. The van der Waals surface area contributed by atoms with Crippen molar-refractivity contribution < 1.29 is 0 Å². The molecule has 1 aromatic carbocycles. The van der Waals surface area contributed by atoms with Gasteiger partial charge in [0.25, 0.3) is 0 Å². The third kappa shape index (κ3) is 1.39. The van der Waals surface area contributed by atoms with Crippen molar-refractivity contribution >= 4 is 45.8 Å². The average molecular weight is 353 g/mol. The molecule has 1 saturated carbocycles. The van der Waals surface area contributed by atoms with E-state index < -0.39 is 4.33 Å². The van der Waals surface area contributed by atoms with Crippen LogP contribution in [0.5, 0.6) is 0 Å². The zero-order valence-corrected chi connectivity index (χ0v) is 11.9. The Kier molecular flexibility index (Phi) is 2.32. The topological polar surface area (TPSA) is 0 Å². The van der Waals surface area contributed by atoms with Gasteiger partial charge in [0.2, 0.25) is 0 Å². The molecular weight excluding hydrogens is 342 g/mol. The van der Waals surface area contributed by atoms with E-state index >= 15 is 0 Å². The Hall–Kier alpha value is 0.530. The van der Waals surface area contributed by atoms with Crippen molar-refractivity contribution in [3.63, 3.8) is 0 Å². The zero-order valence-electron chi connectivity index (χ0n) is 8.19. The van der Waals surface area contributed by atoms with E-state index in [1.807, 2.05) is 0 Å². The summed E-state index contributed by atoms with van der Waals surface area (Å²) >= 11 is 15.1. The van der Waals surface area contributed by atoms with Gasteiger partial charge in [0.05, 0.1) is 0 Å². The number of aryl methyl sites for hydroxylation is 1. The molecule has 80 valence electrons. The minimum Gasteiger partial charge on any atom is -0.101 e.